The van der Waals surface area contributed by atoms with Gasteiger partial charge in [0, 0.05) is 6.54 Å². The number of carboxylic acid groups (broad SMARTS) is 1. The van der Waals surface area contributed by atoms with Crippen LogP contribution in [0.4, 0.5) is 14.5 Å². The first-order chi connectivity index (χ1) is 8.52. The van der Waals surface area contributed by atoms with Crippen LogP contribution in [0, 0.1) is 6.92 Å². The molecule has 0 amide bonds. The van der Waals surface area contributed by atoms with E-state index in [2.05, 4.69) is 5.32 Å². The first-order valence-corrected chi connectivity index (χ1v) is 5.45. The molecule has 0 radical (unpaired) electrons. The lowest BCUT2D eigenvalue weighted by atomic mass is 10.1. The molecule has 18 heavy (non-hydrogen) atoms. The summed E-state index contributed by atoms with van der Waals surface area (Å²) in [5.74, 6) is -1.03. The quantitative estimate of drug-likeness (QED) is 0.738. The van der Waals surface area contributed by atoms with Crippen LogP contribution in [0.5, 0.6) is 0 Å². The number of carbonyl (C=O) groups is 1. The van der Waals surface area contributed by atoms with E-state index >= 15 is 0 Å². The number of anilines is 1. The van der Waals surface area contributed by atoms with E-state index in [4.69, 9.17) is 9.84 Å². The molecule has 0 aliphatic carbocycles. The van der Waals surface area contributed by atoms with Crippen LogP contribution in [0.1, 0.15) is 15.9 Å². The van der Waals surface area contributed by atoms with Crippen LogP contribution in [0.15, 0.2) is 18.2 Å². The normalized spacial score (nSPS) is 10.7. The summed E-state index contributed by atoms with van der Waals surface area (Å²) in [6.45, 7) is 1.53. The topological polar surface area (TPSA) is 58.6 Å². The molecule has 4 nitrogen and oxygen atoms in total. The van der Waals surface area contributed by atoms with Crippen LogP contribution in [0.25, 0.3) is 0 Å². The van der Waals surface area contributed by atoms with Crippen LogP contribution >= 0.6 is 0 Å². The van der Waals surface area contributed by atoms with Crippen molar-refractivity contribution in [3.05, 3.63) is 29.3 Å². The molecule has 0 aliphatic rings. The molecule has 0 spiro atoms. The number of hydrogen-bond acceptors (Lipinski definition) is 3. The van der Waals surface area contributed by atoms with Gasteiger partial charge in [0.05, 0.1) is 17.9 Å². The average molecular weight is 259 g/mol. The van der Waals surface area contributed by atoms with Gasteiger partial charge >= 0.3 is 5.97 Å². The molecule has 0 bridgehead atoms. The van der Waals surface area contributed by atoms with Gasteiger partial charge in [-0.15, -0.1) is 0 Å². The highest BCUT2D eigenvalue weighted by Crippen LogP contribution is 2.20. The molecule has 6 heteroatoms. The van der Waals surface area contributed by atoms with Gasteiger partial charge in [-0.1, -0.05) is 12.1 Å². The van der Waals surface area contributed by atoms with Gasteiger partial charge in [-0.3, -0.25) is 0 Å². The van der Waals surface area contributed by atoms with E-state index in [0.29, 0.717) is 5.69 Å². The number of hydrogen-bond donors (Lipinski definition) is 2. The van der Waals surface area contributed by atoms with Crippen molar-refractivity contribution in [2.75, 3.05) is 25.1 Å². The maximum absolute atomic E-state index is 11.8. The van der Waals surface area contributed by atoms with Crippen molar-refractivity contribution in [3.63, 3.8) is 0 Å². The number of ether oxygens (including phenoxy) is 1. The highest BCUT2D eigenvalue weighted by atomic mass is 19.3. The molecule has 0 fully saturated rings. The lowest BCUT2D eigenvalue weighted by Gasteiger charge is -2.12. The summed E-state index contributed by atoms with van der Waals surface area (Å²) < 4.78 is 28.3. The summed E-state index contributed by atoms with van der Waals surface area (Å²) in [4.78, 5) is 11.0. The van der Waals surface area contributed by atoms with Crippen molar-refractivity contribution < 1.29 is 23.4 Å². The Balaban J connectivity index is 2.53. The first-order valence-electron chi connectivity index (χ1n) is 5.45. The highest BCUT2D eigenvalue weighted by molar-refractivity contribution is 5.95. The second-order valence-corrected chi connectivity index (χ2v) is 3.70. The summed E-state index contributed by atoms with van der Waals surface area (Å²) >= 11 is 0. The molecule has 1 aromatic rings. The van der Waals surface area contributed by atoms with Gasteiger partial charge in [-0.25, -0.2) is 13.6 Å². The standard InChI is InChI=1S/C12H15F2NO3/c1-8-3-2-4-9(12(16)17)11(8)15-5-6-18-7-10(13)14/h2-4,10,15H,5-7H2,1H3,(H,16,17). The lowest BCUT2D eigenvalue weighted by Crippen LogP contribution is -2.15. The summed E-state index contributed by atoms with van der Waals surface area (Å²) in [7, 11) is 0. The van der Waals surface area contributed by atoms with Crippen molar-refractivity contribution >= 4 is 11.7 Å². The average Bonchev–Trinajstić information content (AvgIpc) is 2.29. The number of halogens is 2. The molecule has 0 aliphatic heterocycles. The molecule has 0 unspecified atom stereocenters. The Labute approximate surface area is 104 Å². The zero-order valence-corrected chi connectivity index (χ0v) is 9.95. The Bertz CT molecular complexity index is 410. The fraction of sp³-hybridized carbons (Fsp3) is 0.417. The Morgan fingerprint density at radius 2 is 2.22 bits per heavy atom. The summed E-state index contributed by atoms with van der Waals surface area (Å²) in [6, 6.07) is 4.91. The first kappa shape index (κ1) is 14.4. The second-order valence-electron chi connectivity index (χ2n) is 3.70. The molecule has 0 saturated heterocycles. The Hall–Kier alpha value is -1.69. The number of aromatic carboxylic acids is 1. The van der Waals surface area contributed by atoms with E-state index in [0.717, 1.165) is 5.56 Å². The van der Waals surface area contributed by atoms with Gasteiger partial charge in [0.1, 0.15) is 6.61 Å². The molecular weight excluding hydrogens is 244 g/mol. The minimum Gasteiger partial charge on any atom is -0.478 e. The fourth-order valence-electron chi connectivity index (χ4n) is 1.50. The number of benzene rings is 1. The van der Waals surface area contributed by atoms with Crippen molar-refractivity contribution in [2.24, 2.45) is 0 Å². The monoisotopic (exact) mass is 259 g/mol. The van der Waals surface area contributed by atoms with Gasteiger partial charge in [0.25, 0.3) is 6.43 Å². The predicted molar refractivity (Wildman–Crippen MR) is 63.5 cm³/mol. The Morgan fingerprint density at radius 1 is 1.50 bits per heavy atom. The van der Waals surface area contributed by atoms with Gasteiger partial charge in [0.15, 0.2) is 0 Å². The summed E-state index contributed by atoms with van der Waals surface area (Å²) in [5, 5.41) is 11.9. The number of alkyl halides is 2. The van der Waals surface area contributed by atoms with Crippen molar-refractivity contribution in [2.45, 2.75) is 13.3 Å². The molecule has 100 valence electrons. The van der Waals surface area contributed by atoms with Gasteiger partial charge in [0.2, 0.25) is 0 Å². The maximum atomic E-state index is 11.8. The smallest absolute Gasteiger partial charge is 0.337 e. The van der Waals surface area contributed by atoms with Crippen molar-refractivity contribution in [3.8, 4) is 0 Å². The number of rotatable bonds is 7. The molecule has 1 aromatic carbocycles. The van der Waals surface area contributed by atoms with Crippen LogP contribution in [0.2, 0.25) is 0 Å². The molecule has 0 saturated carbocycles. The van der Waals surface area contributed by atoms with E-state index in [1.54, 1.807) is 19.1 Å². The third-order valence-corrected chi connectivity index (χ3v) is 2.30. The number of carboxylic acids is 1. The van der Waals surface area contributed by atoms with Gasteiger partial charge in [-0.05, 0) is 18.6 Å². The number of aryl methyl sites for hydroxylation is 1. The minimum atomic E-state index is -2.49. The maximum Gasteiger partial charge on any atom is 0.337 e. The molecule has 0 aromatic heterocycles. The summed E-state index contributed by atoms with van der Waals surface area (Å²) in [6.07, 6.45) is -2.49. The van der Waals surface area contributed by atoms with Crippen LogP contribution in [0.3, 0.4) is 0 Å². The zero-order chi connectivity index (χ0) is 13.5. The predicted octanol–water partition coefficient (Wildman–Crippen LogP) is 2.39. The zero-order valence-electron chi connectivity index (χ0n) is 9.95. The third-order valence-electron chi connectivity index (χ3n) is 2.30. The highest BCUT2D eigenvalue weighted by Gasteiger charge is 2.11. The molecular formula is C12H15F2NO3. The number of para-hydroxylation sites is 1. The van der Waals surface area contributed by atoms with Gasteiger partial charge in [-0.2, -0.15) is 0 Å². The van der Waals surface area contributed by atoms with Crippen LogP contribution in [-0.4, -0.2) is 37.3 Å². The Morgan fingerprint density at radius 3 is 2.83 bits per heavy atom. The van der Waals surface area contributed by atoms with Crippen LogP contribution < -0.4 is 5.32 Å². The van der Waals surface area contributed by atoms with E-state index < -0.39 is 19.0 Å². The van der Waals surface area contributed by atoms with Crippen molar-refractivity contribution in [1.29, 1.82) is 0 Å². The van der Waals surface area contributed by atoms with E-state index in [1.165, 1.54) is 6.07 Å². The lowest BCUT2D eigenvalue weighted by molar-refractivity contribution is 0.0215. The third kappa shape index (κ3) is 4.29. The van der Waals surface area contributed by atoms with E-state index in [-0.39, 0.29) is 18.7 Å². The molecule has 2 N–H and O–H groups in total. The minimum absolute atomic E-state index is 0.0950. The Kier molecular flexibility index (Phi) is 5.51. The SMILES string of the molecule is Cc1cccc(C(=O)O)c1NCCOCC(F)F. The molecule has 0 heterocycles. The molecule has 0 atom stereocenters. The molecule has 1 rings (SSSR count). The van der Waals surface area contributed by atoms with Gasteiger partial charge < -0.3 is 15.2 Å². The largest absolute Gasteiger partial charge is 0.478 e. The van der Waals surface area contributed by atoms with E-state index in [9.17, 15) is 13.6 Å². The van der Waals surface area contributed by atoms with E-state index in [1.807, 2.05) is 0 Å². The second kappa shape index (κ2) is 6.90. The van der Waals surface area contributed by atoms with Crippen molar-refractivity contribution in [1.82, 2.24) is 0 Å². The summed E-state index contributed by atoms with van der Waals surface area (Å²) in [5.41, 5.74) is 1.43. The van der Waals surface area contributed by atoms with Crippen LogP contribution in [-0.2, 0) is 4.74 Å². The number of nitrogens with one attached hydrogen (secondary N) is 1. The fourth-order valence-corrected chi connectivity index (χ4v) is 1.50.